The number of Topliss-reactive ketones (excluding diaryl/α,β-unsaturated/α-hetero) is 1. The second-order valence-electron chi connectivity index (χ2n) is 6.36. The molecule has 4 nitrogen and oxygen atoms in total. The summed E-state index contributed by atoms with van der Waals surface area (Å²) in [4.78, 5) is 27.0. The Labute approximate surface area is 158 Å². The first-order chi connectivity index (χ1) is 12.1. The average Bonchev–Trinajstić information content (AvgIpc) is 2.67. The highest BCUT2D eigenvalue weighted by molar-refractivity contribution is 5.99. The standard InChI is InChI=1S/C20H21FN2O2.ClH/c21-18-9-7-15(8-10-18)19(24)17-2-1-11-23(13-17)20(25)16-5-3-14(12-22)4-6-16;/h3-10,17H,1-2,11-13,22H2;1H. The number of carbonyl (C=O) groups is 2. The highest BCUT2D eigenvalue weighted by atomic mass is 35.5. The first kappa shape index (κ1) is 20.1. The summed E-state index contributed by atoms with van der Waals surface area (Å²) in [7, 11) is 0. The summed E-state index contributed by atoms with van der Waals surface area (Å²) in [6.07, 6.45) is 1.52. The van der Waals surface area contributed by atoms with Crippen molar-refractivity contribution in [2.45, 2.75) is 19.4 Å². The molecule has 2 N–H and O–H groups in total. The van der Waals surface area contributed by atoms with Gasteiger partial charge in [-0.1, -0.05) is 12.1 Å². The first-order valence-electron chi connectivity index (χ1n) is 8.46. The summed E-state index contributed by atoms with van der Waals surface area (Å²) >= 11 is 0. The molecule has 1 unspecified atom stereocenters. The van der Waals surface area contributed by atoms with Crippen molar-refractivity contribution in [3.8, 4) is 0 Å². The fourth-order valence-electron chi connectivity index (χ4n) is 3.19. The topological polar surface area (TPSA) is 63.4 Å². The van der Waals surface area contributed by atoms with Gasteiger partial charge >= 0.3 is 0 Å². The van der Waals surface area contributed by atoms with Crippen LogP contribution in [0.5, 0.6) is 0 Å². The molecule has 1 aliphatic heterocycles. The molecule has 6 heteroatoms. The van der Waals surface area contributed by atoms with Gasteiger partial charge in [-0.25, -0.2) is 4.39 Å². The molecule has 1 saturated heterocycles. The summed E-state index contributed by atoms with van der Waals surface area (Å²) in [6, 6.07) is 12.8. The van der Waals surface area contributed by atoms with Gasteiger partial charge < -0.3 is 10.6 Å². The lowest BCUT2D eigenvalue weighted by atomic mass is 9.89. The summed E-state index contributed by atoms with van der Waals surface area (Å²) in [5.41, 5.74) is 7.65. The Hall–Kier alpha value is -2.24. The number of benzene rings is 2. The highest BCUT2D eigenvalue weighted by Gasteiger charge is 2.29. The highest BCUT2D eigenvalue weighted by Crippen LogP contribution is 2.23. The smallest absolute Gasteiger partial charge is 0.253 e. The fraction of sp³-hybridized carbons (Fsp3) is 0.300. The number of likely N-dealkylation sites (tertiary alicyclic amines) is 1. The van der Waals surface area contributed by atoms with Crippen LogP contribution in [0.2, 0.25) is 0 Å². The van der Waals surface area contributed by atoms with Gasteiger partial charge in [0.15, 0.2) is 5.78 Å². The molecular formula is C20H22ClFN2O2. The van der Waals surface area contributed by atoms with Gasteiger partial charge in [0, 0.05) is 36.7 Å². The molecule has 0 aromatic heterocycles. The van der Waals surface area contributed by atoms with Crippen molar-refractivity contribution in [1.82, 2.24) is 4.90 Å². The number of piperidine rings is 1. The van der Waals surface area contributed by atoms with Crippen molar-refractivity contribution in [3.05, 3.63) is 71.0 Å². The number of amides is 1. The van der Waals surface area contributed by atoms with E-state index in [4.69, 9.17) is 5.73 Å². The predicted molar refractivity (Wildman–Crippen MR) is 101 cm³/mol. The maximum absolute atomic E-state index is 13.0. The Kier molecular flexibility index (Phi) is 6.89. The zero-order valence-corrected chi connectivity index (χ0v) is 15.2. The number of ketones is 1. The third-order valence-electron chi connectivity index (χ3n) is 4.64. The molecule has 1 atom stereocenters. The van der Waals surface area contributed by atoms with Crippen molar-refractivity contribution in [2.24, 2.45) is 11.7 Å². The van der Waals surface area contributed by atoms with Gasteiger partial charge in [-0.15, -0.1) is 12.4 Å². The van der Waals surface area contributed by atoms with E-state index in [1.807, 2.05) is 12.1 Å². The molecule has 2 aromatic carbocycles. The van der Waals surface area contributed by atoms with Gasteiger partial charge in [0.1, 0.15) is 5.82 Å². The number of hydrogen-bond acceptors (Lipinski definition) is 3. The molecule has 0 radical (unpaired) electrons. The second kappa shape index (κ2) is 8.92. The minimum Gasteiger partial charge on any atom is -0.338 e. The Morgan fingerprint density at radius 3 is 2.27 bits per heavy atom. The van der Waals surface area contributed by atoms with Gasteiger partial charge in [0.25, 0.3) is 5.91 Å². The molecule has 3 rings (SSSR count). The summed E-state index contributed by atoms with van der Waals surface area (Å²) in [6.45, 7) is 1.48. The first-order valence-corrected chi connectivity index (χ1v) is 8.46. The molecule has 1 heterocycles. The largest absolute Gasteiger partial charge is 0.338 e. The van der Waals surface area contributed by atoms with Gasteiger partial charge in [-0.05, 0) is 54.8 Å². The van der Waals surface area contributed by atoms with Gasteiger partial charge in [-0.2, -0.15) is 0 Å². The van der Waals surface area contributed by atoms with Crippen LogP contribution in [0, 0.1) is 11.7 Å². The van der Waals surface area contributed by atoms with Crippen LogP contribution in [0.4, 0.5) is 4.39 Å². The lowest BCUT2D eigenvalue weighted by molar-refractivity contribution is 0.0637. The normalized spacial score (nSPS) is 16.7. The zero-order valence-electron chi connectivity index (χ0n) is 14.4. The van der Waals surface area contributed by atoms with Crippen LogP contribution in [-0.4, -0.2) is 29.7 Å². The molecule has 26 heavy (non-hydrogen) atoms. The van der Waals surface area contributed by atoms with Gasteiger partial charge in [0.05, 0.1) is 0 Å². The lowest BCUT2D eigenvalue weighted by Crippen LogP contribution is -2.42. The monoisotopic (exact) mass is 376 g/mol. The quantitative estimate of drug-likeness (QED) is 0.831. The van der Waals surface area contributed by atoms with Crippen LogP contribution in [0.15, 0.2) is 48.5 Å². The van der Waals surface area contributed by atoms with E-state index in [1.165, 1.54) is 24.3 Å². The third kappa shape index (κ3) is 4.48. The van der Waals surface area contributed by atoms with Gasteiger partial charge in [-0.3, -0.25) is 9.59 Å². The Balaban J connectivity index is 0.00000243. The molecule has 1 aliphatic rings. The summed E-state index contributed by atoms with van der Waals surface area (Å²) in [5, 5.41) is 0. The minimum atomic E-state index is -0.363. The average molecular weight is 377 g/mol. The molecule has 0 bridgehead atoms. The van der Waals surface area contributed by atoms with Crippen LogP contribution < -0.4 is 5.73 Å². The lowest BCUT2D eigenvalue weighted by Gasteiger charge is -2.32. The molecule has 0 spiro atoms. The SMILES string of the molecule is Cl.NCc1ccc(C(=O)N2CCCC(C(=O)c3ccc(F)cc3)C2)cc1. The van der Waals surface area contributed by atoms with E-state index in [-0.39, 0.29) is 35.8 Å². The summed E-state index contributed by atoms with van der Waals surface area (Å²) in [5.74, 6) is -0.708. The number of carbonyl (C=O) groups excluding carboxylic acids is 2. The zero-order chi connectivity index (χ0) is 17.8. The van der Waals surface area contributed by atoms with Crippen molar-refractivity contribution < 1.29 is 14.0 Å². The van der Waals surface area contributed by atoms with Crippen LogP contribution in [0.25, 0.3) is 0 Å². The maximum Gasteiger partial charge on any atom is 0.253 e. The molecule has 1 amide bonds. The van der Waals surface area contributed by atoms with Crippen molar-refractivity contribution in [3.63, 3.8) is 0 Å². The van der Waals surface area contributed by atoms with E-state index >= 15 is 0 Å². The number of hydrogen-bond donors (Lipinski definition) is 1. The fourth-order valence-corrected chi connectivity index (χ4v) is 3.19. The van der Waals surface area contributed by atoms with Crippen LogP contribution >= 0.6 is 12.4 Å². The van der Waals surface area contributed by atoms with Crippen LogP contribution in [0.3, 0.4) is 0 Å². The van der Waals surface area contributed by atoms with Crippen LogP contribution in [0.1, 0.15) is 39.1 Å². The van der Waals surface area contributed by atoms with E-state index < -0.39 is 0 Å². The number of rotatable bonds is 4. The third-order valence-corrected chi connectivity index (χ3v) is 4.64. The number of nitrogens with zero attached hydrogens (tertiary/aromatic N) is 1. The van der Waals surface area contributed by atoms with E-state index in [0.717, 1.165) is 18.4 Å². The van der Waals surface area contributed by atoms with E-state index in [2.05, 4.69) is 0 Å². The van der Waals surface area contributed by atoms with Crippen molar-refractivity contribution >= 4 is 24.1 Å². The molecule has 1 fully saturated rings. The number of halogens is 2. The Morgan fingerprint density at radius 1 is 1.04 bits per heavy atom. The Morgan fingerprint density at radius 2 is 1.65 bits per heavy atom. The Bertz CT molecular complexity index is 762. The van der Waals surface area contributed by atoms with Crippen molar-refractivity contribution in [2.75, 3.05) is 13.1 Å². The summed E-state index contributed by atoms with van der Waals surface area (Å²) < 4.78 is 13.0. The second-order valence-corrected chi connectivity index (χ2v) is 6.36. The predicted octanol–water partition coefficient (Wildman–Crippen LogP) is 3.44. The molecule has 138 valence electrons. The maximum atomic E-state index is 13.0. The molecular weight excluding hydrogens is 355 g/mol. The van der Waals surface area contributed by atoms with E-state index in [9.17, 15) is 14.0 Å². The molecule has 0 saturated carbocycles. The van der Waals surface area contributed by atoms with E-state index in [1.54, 1.807) is 17.0 Å². The van der Waals surface area contributed by atoms with E-state index in [0.29, 0.717) is 30.8 Å². The molecule has 2 aromatic rings. The van der Waals surface area contributed by atoms with Crippen molar-refractivity contribution in [1.29, 1.82) is 0 Å². The van der Waals surface area contributed by atoms with Crippen LogP contribution in [-0.2, 0) is 6.54 Å². The number of nitrogens with two attached hydrogens (primary N) is 1. The minimum absolute atomic E-state index is 0. The molecule has 0 aliphatic carbocycles. The van der Waals surface area contributed by atoms with Gasteiger partial charge in [0.2, 0.25) is 0 Å².